The maximum Gasteiger partial charge on any atom is 0.295 e. The Kier molecular flexibility index (Phi) is 3.49. The van der Waals surface area contributed by atoms with E-state index in [-0.39, 0.29) is 5.69 Å². The van der Waals surface area contributed by atoms with Crippen LogP contribution in [0.3, 0.4) is 0 Å². The van der Waals surface area contributed by atoms with Gasteiger partial charge in [0.25, 0.3) is 5.69 Å². The Labute approximate surface area is 138 Å². The molecule has 1 aliphatic heterocycles. The van der Waals surface area contributed by atoms with E-state index in [0.717, 1.165) is 18.9 Å². The van der Waals surface area contributed by atoms with Gasteiger partial charge in [-0.3, -0.25) is 10.1 Å². The zero-order chi connectivity index (χ0) is 16.7. The van der Waals surface area contributed by atoms with Gasteiger partial charge in [0.1, 0.15) is 17.1 Å². The molecule has 1 heterocycles. The van der Waals surface area contributed by atoms with Gasteiger partial charge in [0.05, 0.1) is 24.1 Å². The van der Waals surface area contributed by atoms with E-state index in [4.69, 9.17) is 4.74 Å². The lowest BCUT2D eigenvalue weighted by Gasteiger charge is -2.42. The van der Waals surface area contributed by atoms with Gasteiger partial charge in [0.2, 0.25) is 0 Å². The number of halogens is 1. The van der Waals surface area contributed by atoms with Gasteiger partial charge in [0.15, 0.2) is 0 Å². The Morgan fingerprint density at radius 1 is 1.25 bits per heavy atom. The molecule has 1 aliphatic carbocycles. The van der Waals surface area contributed by atoms with Crippen LogP contribution >= 0.6 is 0 Å². The van der Waals surface area contributed by atoms with Gasteiger partial charge in [-0.2, -0.15) is 0 Å². The van der Waals surface area contributed by atoms with Crippen molar-refractivity contribution in [3.05, 3.63) is 69.5 Å². The monoisotopic (exact) mass is 328 g/mol. The number of hydrogen-bond donors (Lipinski definition) is 0. The highest BCUT2D eigenvalue weighted by molar-refractivity contribution is 5.64. The summed E-state index contributed by atoms with van der Waals surface area (Å²) in [5, 5.41) is 11.3. The second kappa shape index (κ2) is 5.56. The number of nitro benzene ring substituents is 1. The quantitative estimate of drug-likeness (QED) is 0.626. The highest BCUT2D eigenvalue weighted by Crippen LogP contribution is 2.44. The molecule has 2 aliphatic rings. The molecule has 0 bridgehead atoms. The van der Waals surface area contributed by atoms with E-state index >= 15 is 0 Å². The lowest BCUT2D eigenvalue weighted by Crippen LogP contribution is -2.49. The van der Waals surface area contributed by atoms with Crippen LogP contribution in [0.5, 0.6) is 0 Å². The number of fused-ring (bicyclic) bond motifs is 2. The van der Waals surface area contributed by atoms with Crippen LogP contribution in [0.15, 0.2) is 42.5 Å². The average molecular weight is 328 g/mol. The number of anilines is 1. The second-order valence-corrected chi connectivity index (χ2v) is 6.31. The molecule has 124 valence electrons. The zero-order valence-corrected chi connectivity index (χ0v) is 13.1. The first-order chi connectivity index (χ1) is 11.6. The summed E-state index contributed by atoms with van der Waals surface area (Å²) in [4.78, 5) is 12.7. The molecule has 1 spiro atoms. The summed E-state index contributed by atoms with van der Waals surface area (Å²) in [6, 6.07) is 11.9. The number of nitro groups is 1. The van der Waals surface area contributed by atoms with Gasteiger partial charge in [0, 0.05) is 6.54 Å². The third-order valence-electron chi connectivity index (χ3n) is 4.97. The van der Waals surface area contributed by atoms with Crippen LogP contribution in [0.1, 0.15) is 17.5 Å². The first kappa shape index (κ1) is 15.1. The summed E-state index contributed by atoms with van der Waals surface area (Å²) < 4.78 is 19.6. The van der Waals surface area contributed by atoms with E-state index in [9.17, 15) is 14.5 Å². The van der Waals surface area contributed by atoms with Crippen LogP contribution in [0, 0.1) is 15.9 Å². The molecule has 24 heavy (non-hydrogen) atoms. The number of rotatable bonds is 2. The van der Waals surface area contributed by atoms with Crippen LogP contribution in [0.4, 0.5) is 15.8 Å². The van der Waals surface area contributed by atoms with Gasteiger partial charge in [-0.25, -0.2) is 4.39 Å². The molecule has 1 fully saturated rings. The molecule has 6 heteroatoms. The zero-order valence-electron chi connectivity index (χ0n) is 13.1. The lowest BCUT2D eigenvalue weighted by atomic mass is 9.93. The van der Waals surface area contributed by atoms with Crippen molar-refractivity contribution >= 4 is 11.4 Å². The van der Waals surface area contributed by atoms with Crippen molar-refractivity contribution in [2.75, 3.05) is 24.6 Å². The topological polar surface area (TPSA) is 55.6 Å². The Bertz CT molecular complexity index is 807. The Hall–Kier alpha value is -2.47. The molecule has 5 nitrogen and oxygen atoms in total. The third kappa shape index (κ3) is 2.34. The average Bonchev–Trinajstić information content (AvgIpc) is 2.93. The van der Waals surface area contributed by atoms with Gasteiger partial charge in [-0.05, 0) is 36.1 Å². The molecule has 1 atom stereocenters. The molecule has 0 amide bonds. The van der Waals surface area contributed by atoms with E-state index in [1.54, 1.807) is 0 Å². The predicted molar refractivity (Wildman–Crippen MR) is 87.7 cm³/mol. The van der Waals surface area contributed by atoms with Crippen molar-refractivity contribution in [1.82, 2.24) is 0 Å². The summed E-state index contributed by atoms with van der Waals surface area (Å²) in [5.41, 5.74) is 2.26. The Morgan fingerprint density at radius 2 is 2.08 bits per heavy atom. The van der Waals surface area contributed by atoms with E-state index < -0.39 is 16.3 Å². The van der Waals surface area contributed by atoms with Crippen molar-refractivity contribution in [2.24, 2.45) is 0 Å². The molecule has 1 unspecified atom stereocenters. The van der Waals surface area contributed by atoms with Crippen molar-refractivity contribution < 1.29 is 14.1 Å². The van der Waals surface area contributed by atoms with Crippen molar-refractivity contribution in [2.45, 2.75) is 18.4 Å². The van der Waals surface area contributed by atoms with Crippen LogP contribution in [0.2, 0.25) is 0 Å². The number of ether oxygens (including phenoxy) is 1. The standard InChI is InChI=1S/C18H17FN2O3/c19-14-5-6-16(17(11-14)21(22)23)20-9-10-24-18(12-20)8-7-13-3-1-2-4-15(13)18/h1-6,11H,7-10,12H2. The van der Waals surface area contributed by atoms with Gasteiger partial charge < -0.3 is 9.64 Å². The summed E-state index contributed by atoms with van der Waals surface area (Å²) >= 11 is 0. The van der Waals surface area contributed by atoms with Crippen LogP contribution < -0.4 is 4.90 Å². The van der Waals surface area contributed by atoms with Gasteiger partial charge in [-0.1, -0.05) is 24.3 Å². The third-order valence-corrected chi connectivity index (χ3v) is 4.97. The fourth-order valence-electron chi connectivity index (χ4n) is 3.87. The minimum Gasteiger partial charge on any atom is -0.367 e. The van der Waals surface area contributed by atoms with Crippen molar-refractivity contribution in [1.29, 1.82) is 0 Å². The number of benzene rings is 2. The number of morpholine rings is 1. The fraction of sp³-hybridized carbons (Fsp3) is 0.333. The van der Waals surface area contributed by atoms with Crippen LogP contribution in [-0.2, 0) is 16.8 Å². The Balaban J connectivity index is 1.71. The predicted octanol–water partition coefficient (Wildman–Crippen LogP) is 3.41. The molecule has 2 aromatic rings. The number of hydrogen-bond acceptors (Lipinski definition) is 4. The normalized spacial score (nSPS) is 22.6. The molecule has 0 N–H and O–H groups in total. The summed E-state index contributed by atoms with van der Waals surface area (Å²) in [7, 11) is 0. The SMILES string of the molecule is O=[N+]([O-])c1cc(F)ccc1N1CCOC2(CCc3ccccc32)C1. The highest BCUT2D eigenvalue weighted by Gasteiger charge is 2.44. The van der Waals surface area contributed by atoms with Gasteiger partial charge in [-0.15, -0.1) is 0 Å². The molecule has 0 saturated carbocycles. The highest BCUT2D eigenvalue weighted by atomic mass is 19.1. The van der Waals surface area contributed by atoms with Crippen molar-refractivity contribution in [3.63, 3.8) is 0 Å². The number of nitrogens with zero attached hydrogens (tertiary/aromatic N) is 2. The molecule has 1 saturated heterocycles. The molecular formula is C18H17FN2O3. The van der Waals surface area contributed by atoms with Gasteiger partial charge >= 0.3 is 0 Å². The number of aryl methyl sites for hydroxylation is 1. The minimum absolute atomic E-state index is 0.196. The smallest absolute Gasteiger partial charge is 0.295 e. The van der Waals surface area contributed by atoms with Crippen LogP contribution in [0.25, 0.3) is 0 Å². The lowest BCUT2D eigenvalue weighted by molar-refractivity contribution is -0.384. The minimum atomic E-state index is -0.598. The summed E-state index contributed by atoms with van der Waals surface area (Å²) in [5.74, 6) is -0.598. The first-order valence-corrected chi connectivity index (χ1v) is 8.00. The van der Waals surface area contributed by atoms with E-state index in [1.807, 2.05) is 17.0 Å². The summed E-state index contributed by atoms with van der Waals surface area (Å²) in [6.45, 7) is 1.58. The molecule has 0 aromatic heterocycles. The van der Waals surface area contributed by atoms with Crippen molar-refractivity contribution in [3.8, 4) is 0 Å². The molecular weight excluding hydrogens is 311 g/mol. The molecule has 4 rings (SSSR count). The maximum absolute atomic E-state index is 13.4. The summed E-state index contributed by atoms with van der Waals surface area (Å²) in [6.07, 6.45) is 1.80. The fourth-order valence-corrected chi connectivity index (χ4v) is 3.87. The van der Waals surface area contributed by atoms with E-state index in [2.05, 4.69) is 12.1 Å². The molecule has 2 aromatic carbocycles. The maximum atomic E-state index is 13.4. The van der Waals surface area contributed by atoms with E-state index in [0.29, 0.717) is 25.4 Å². The Morgan fingerprint density at radius 3 is 2.92 bits per heavy atom. The van der Waals surface area contributed by atoms with E-state index in [1.165, 1.54) is 23.3 Å². The molecule has 0 radical (unpaired) electrons. The second-order valence-electron chi connectivity index (χ2n) is 6.31. The first-order valence-electron chi connectivity index (χ1n) is 8.00. The van der Waals surface area contributed by atoms with Crippen LogP contribution in [-0.4, -0.2) is 24.6 Å². The largest absolute Gasteiger partial charge is 0.367 e.